The molecule has 0 saturated carbocycles. The van der Waals surface area contributed by atoms with Gasteiger partial charge in [-0.3, -0.25) is 0 Å². The van der Waals surface area contributed by atoms with Crippen molar-refractivity contribution in [3.63, 3.8) is 0 Å². The Morgan fingerprint density at radius 2 is 2.25 bits per heavy atom. The number of nitrogens with one attached hydrogen (secondary N) is 1. The van der Waals surface area contributed by atoms with Crippen LogP contribution in [0.5, 0.6) is 0 Å². The Kier molecular flexibility index (Phi) is 3.49. The summed E-state index contributed by atoms with van der Waals surface area (Å²) >= 11 is 2.21. The molecule has 0 aliphatic heterocycles. The first-order chi connectivity index (χ1) is 7.70. The molecule has 16 heavy (non-hydrogen) atoms. The highest BCUT2D eigenvalue weighted by Gasteiger charge is 2.05. The van der Waals surface area contributed by atoms with Gasteiger partial charge < -0.3 is 5.32 Å². The summed E-state index contributed by atoms with van der Waals surface area (Å²) in [6.07, 6.45) is 5.51. The van der Waals surface area contributed by atoms with Crippen molar-refractivity contribution in [1.82, 2.24) is 25.1 Å². The third kappa shape index (κ3) is 2.38. The lowest BCUT2D eigenvalue weighted by Gasteiger charge is -2.05. The first kappa shape index (κ1) is 11.5. The average Bonchev–Trinajstić information content (AvgIpc) is 2.68. The van der Waals surface area contributed by atoms with Gasteiger partial charge in [0.1, 0.15) is 0 Å². The highest BCUT2D eigenvalue weighted by atomic mass is 127. The summed E-state index contributed by atoms with van der Waals surface area (Å²) in [5.74, 6) is 0.611. The molecule has 2 rings (SSSR count). The largest absolute Gasteiger partial charge is 0.316 e. The summed E-state index contributed by atoms with van der Waals surface area (Å²) in [7, 11) is 1.91. The SMILES string of the molecule is CNCc1cnc(-n2cc(I)cn2)nc1C. The molecule has 0 saturated heterocycles. The first-order valence-corrected chi connectivity index (χ1v) is 5.96. The van der Waals surface area contributed by atoms with Crippen LogP contribution in [0.4, 0.5) is 0 Å². The number of rotatable bonds is 3. The number of halogens is 1. The van der Waals surface area contributed by atoms with Gasteiger partial charge in [0.15, 0.2) is 0 Å². The van der Waals surface area contributed by atoms with Gasteiger partial charge in [-0.25, -0.2) is 14.6 Å². The van der Waals surface area contributed by atoms with Crippen molar-refractivity contribution in [1.29, 1.82) is 0 Å². The predicted molar refractivity (Wildman–Crippen MR) is 69.4 cm³/mol. The lowest BCUT2D eigenvalue weighted by molar-refractivity contribution is 0.763. The van der Waals surface area contributed by atoms with Crippen molar-refractivity contribution in [2.75, 3.05) is 7.05 Å². The molecular formula is C10H12IN5. The van der Waals surface area contributed by atoms with E-state index in [1.165, 1.54) is 0 Å². The van der Waals surface area contributed by atoms with E-state index in [9.17, 15) is 0 Å². The second kappa shape index (κ2) is 4.88. The van der Waals surface area contributed by atoms with Crippen LogP contribution >= 0.6 is 22.6 Å². The maximum atomic E-state index is 4.42. The maximum absolute atomic E-state index is 4.42. The Morgan fingerprint density at radius 3 is 2.81 bits per heavy atom. The molecule has 0 aliphatic carbocycles. The van der Waals surface area contributed by atoms with E-state index >= 15 is 0 Å². The lowest BCUT2D eigenvalue weighted by atomic mass is 10.2. The molecule has 2 heterocycles. The van der Waals surface area contributed by atoms with Gasteiger partial charge >= 0.3 is 0 Å². The molecule has 84 valence electrons. The highest BCUT2D eigenvalue weighted by molar-refractivity contribution is 14.1. The standard InChI is InChI=1S/C10H12IN5/c1-7-8(3-12-2)4-13-10(15-7)16-6-9(11)5-14-16/h4-6,12H,3H2,1-2H3. The lowest BCUT2D eigenvalue weighted by Crippen LogP contribution is -2.10. The smallest absolute Gasteiger partial charge is 0.250 e. The minimum atomic E-state index is 0.611. The Hall–Kier alpha value is -1.02. The van der Waals surface area contributed by atoms with Crippen molar-refractivity contribution < 1.29 is 0 Å². The molecule has 2 aromatic rings. The molecule has 6 heteroatoms. The number of aromatic nitrogens is 4. The molecule has 0 amide bonds. The molecule has 0 atom stereocenters. The van der Waals surface area contributed by atoms with Gasteiger partial charge in [0.05, 0.1) is 9.77 Å². The van der Waals surface area contributed by atoms with Gasteiger partial charge in [-0.1, -0.05) is 0 Å². The maximum Gasteiger partial charge on any atom is 0.250 e. The zero-order chi connectivity index (χ0) is 11.5. The summed E-state index contributed by atoms with van der Waals surface area (Å²) in [5.41, 5.74) is 2.08. The molecule has 0 aliphatic rings. The summed E-state index contributed by atoms with van der Waals surface area (Å²) < 4.78 is 2.75. The van der Waals surface area contributed by atoms with Gasteiger partial charge in [0.2, 0.25) is 0 Å². The van der Waals surface area contributed by atoms with Crippen LogP contribution in [0.15, 0.2) is 18.6 Å². The van der Waals surface area contributed by atoms with Gasteiger partial charge in [-0.15, -0.1) is 0 Å². The molecule has 0 unspecified atom stereocenters. The average molecular weight is 329 g/mol. The fraction of sp³-hybridized carbons (Fsp3) is 0.300. The molecule has 0 fully saturated rings. The summed E-state index contributed by atoms with van der Waals surface area (Å²) in [6, 6.07) is 0. The molecular weight excluding hydrogens is 317 g/mol. The van der Waals surface area contributed by atoms with E-state index in [0.29, 0.717) is 5.95 Å². The van der Waals surface area contributed by atoms with Crippen LogP contribution < -0.4 is 5.32 Å². The van der Waals surface area contributed by atoms with E-state index in [-0.39, 0.29) is 0 Å². The quantitative estimate of drug-likeness (QED) is 0.863. The topological polar surface area (TPSA) is 55.6 Å². The normalized spacial score (nSPS) is 10.7. The van der Waals surface area contributed by atoms with Crippen LogP contribution in [0.2, 0.25) is 0 Å². The molecule has 1 N–H and O–H groups in total. The van der Waals surface area contributed by atoms with Crippen LogP contribution in [-0.4, -0.2) is 26.8 Å². The van der Waals surface area contributed by atoms with E-state index in [1.807, 2.05) is 26.4 Å². The third-order valence-corrected chi connectivity index (χ3v) is 2.75. The Morgan fingerprint density at radius 1 is 1.44 bits per heavy atom. The molecule has 5 nitrogen and oxygen atoms in total. The first-order valence-electron chi connectivity index (χ1n) is 4.88. The van der Waals surface area contributed by atoms with Crippen LogP contribution in [-0.2, 0) is 6.54 Å². The zero-order valence-electron chi connectivity index (χ0n) is 9.11. The summed E-state index contributed by atoms with van der Waals surface area (Å²) in [6.45, 7) is 2.76. The predicted octanol–water partition coefficient (Wildman–Crippen LogP) is 1.29. The molecule has 0 aromatic carbocycles. The van der Waals surface area contributed by atoms with Crippen LogP contribution in [0, 0.1) is 10.5 Å². The van der Waals surface area contributed by atoms with E-state index < -0.39 is 0 Å². The van der Waals surface area contributed by atoms with E-state index in [1.54, 1.807) is 10.9 Å². The molecule has 0 radical (unpaired) electrons. The third-order valence-electron chi connectivity index (χ3n) is 2.19. The fourth-order valence-corrected chi connectivity index (χ4v) is 1.75. The van der Waals surface area contributed by atoms with Gasteiger partial charge in [0, 0.05) is 30.2 Å². The Bertz CT molecular complexity index is 494. The second-order valence-electron chi connectivity index (χ2n) is 3.41. The van der Waals surface area contributed by atoms with Crippen LogP contribution in [0.1, 0.15) is 11.3 Å². The van der Waals surface area contributed by atoms with Gasteiger partial charge in [-0.2, -0.15) is 5.10 Å². The number of aryl methyl sites for hydroxylation is 1. The minimum Gasteiger partial charge on any atom is -0.316 e. The van der Waals surface area contributed by atoms with E-state index in [2.05, 4.69) is 43.0 Å². The molecule has 0 bridgehead atoms. The van der Waals surface area contributed by atoms with E-state index in [4.69, 9.17) is 0 Å². The Labute approximate surface area is 107 Å². The zero-order valence-corrected chi connectivity index (χ0v) is 11.3. The minimum absolute atomic E-state index is 0.611. The highest BCUT2D eigenvalue weighted by Crippen LogP contribution is 2.08. The van der Waals surface area contributed by atoms with Crippen molar-refractivity contribution >= 4 is 22.6 Å². The van der Waals surface area contributed by atoms with Crippen molar-refractivity contribution in [2.24, 2.45) is 0 Å². The van der Waals surface area contributed by atoms with Gasteiger partial charge in [0.25, 0.3) is 5.95 Å². The number of nitrogens with zero attached hydrogens (tertiary/aromatic N) is 4. The second-order valence-corrected chi connectivity index (χ2v) is 4.66. The number of hydrogen-bond acceptors (Lipinski definition) is 4. The fourth-order valence-electron chi connectivity index (χ4n) is 1.36. The summed E-state index contributed by atoms with van der Waals surface area (Å²) in [5, 5.41) is 7.26. The van der Waals surface area contributed by atoms with Crippen molar-refractivity contribution in [2.45, 2.75) is 13.5 Å². The molecule has 2 aromatic heterocycles. The van der Waals surface area contributed by atoms with Crippen LogP contribution in [0.25, 0.3) is 5.95 Å². The van der Waals surface area contributed by atoms with Crippen molar-refractivity contribution in [3.05, 3.63) is 33.4 Å². The Balaban J connectivity index is 2.34. The monoisotopic (exact) mass is 329 g/mol. The van der Waals surface area contributed by atoms with E-state index in [0.717, 1.165) is 21.4 Å². The number of hydrogen-bond donors (Lipinski definition) is 1. The van der Waals surface area contributed by atoms with Crippen LogP contribution in [0.3, 0.4) is 0 Å². The summed E-state index contributed by atoms with van der Waals surface area (Å²) in [4.78, 5) is 8.71. The van der Waals surface area contributed by atoms with Gasteiger partial charge in [-0.05, 0) is 36.6 Å². The molecule has 0 spiro atoms. The van der Waals surface area contributed by atoms with Crippen molar-refractivity contribution in [3.8, 4) is 5.95 Å².